The van der Waals surface area contributed by atoms with E-state index in [-0.39, 0.29) is 4.05 Å². The number of unbranched alkanes of at least 4 members (excludes halogenated alkanes) is 12. The molecule has 0 aromatic heterocycles. The van der Waals surface area contributed by atoms with Crippen LogP contribution in [0.1, 0.15) is 109 Å². The second-order valence-electron chi connectivity index (χ2n) is 9.48. The second kappa shape index (κ2) is 19.1. The number of terminal acetylenes is 1. The molecule has 0 saturated heterocycles. The van der Waals surface area contributed by atoms with E-state index in [4.69, 9.17) is 18.0 Å². The minimum absolute atomic E-state index is 0.232. The van der Waals surface area contributed by atoms with Crippen LogP contribution in [0.15, 0.2) is 24.3 Å². The number of hydrogen-bond donors (Lipinski definition) is 0. The predicted molar refractivity (Wildman–Crippen MR) is 153 cm³/mol. The molecule has 0 spiro atoms. The summed E-state index contributed by atoms with van der Waals surface area (Å²) in [5.41, 5.74) is 1.26. The van der Waals surface area contributed by atoms with Gasteiger partial charge in [-0.3, -0.25) is 0 Å². The van der Waals surface area contributed by atoms with Crippen molar-refractivity contribution in [3.05, 3.63) is 34.9 Å². The van der Waals surface area contributed by atoms with Crippen molar-refractivity contribution in [2.45, 2.75) is 114 Å². The molecule has 0 radical (unpaired) electrons. The normalized spacial score (nSPS) is 12.6. The molecule has 0 bridgehead atoms. The van der Waals surface area contributed by atoms with E-state index in [9.17, 15) is 0 Å². The third kappa shape index (κ3) is 12.3. The molecule has 1 rings (SSSR count). The number of quaternary nitrogens is 1. The predicted octanol–water partition coefficient (Wildman–Crippen LogP) is 9.59. The molecule has 0 saturated carbocycles. The van der Waals surface area contributed by atoms with Crippen molar-refractivity contribution in [1.82, 2.24) is 0 Å². The zero-order chi connectivity index (χ0) is 23.5. The van der Waals surface area contributed by atoms with Gasteiger partial charge < -0.3 is 4.48 Å². The van der Waals surface area contributed by atoms with Gasteiger partial charge in [-0.1, -0.05) is 108 Å². The summed E-state index contributed by atoms with van der Waals surface area (Å²) in [6.07, 6.45) is 25.9. The van der Waals surface area contributed by atoms with Gasteiger partial charge in [0.25, 0.3) is 0 Å². The first-order chi connectivity index (χ1) is 15.6. The summed E-state index contributed by atoms with van der Waals surface area (Å²) in [4.78, 5) is 0. The average Bonchev–Trinajstić information content (AvgIpc) is 2.81. The summed E-state index contributed by atoms with van der Waals surface area (Å²) >= 11 is 9.03. The Labute approximate surface area is 218 Å². The van der Waals surface area contributed by atoms with Crippen molar-refractivity contribution in [3.8, 4) is 12.3 Å². The molecule has 0 amide bonds. The summed E-state index contributed by atoms with van der Waals surface area (Å²) in [7, 11) is 0. The minimum atomic E-state index is 0.232. The Morgan fingerprint density at radius 1 is 0.781 bits per heavy atom. The first-order valence-electron chi connectivity index (χ1n) is 13.3. The first-order valence-corrected chi connectivity index (χ1v) is 14.9. The highest BCUT2D eigenvalue weighted by Crippen LogP contribution is 2.26. The molecule has 0 fully saturated rings. The lowest BCUT2D eigenvalue weighted by molar-refractivity contribution is -0.927. The maximum Gasteiger partial charge on any atom is 0.200 e. The molecule has 182 valence electrons. The summed E-state index contributed by atoms with van der Waals surface area (Å²) in [6.45, 7) is 8.06. The van der Waals surface area contributed by atoms with Crippen LogP contribution in [0.25, 0.3) is 0 Å². The molecule has 1 nitrogen and oxygen atoms in total. The first kappa shape index (κ1) is 29.8. The zero-order valence-electron chi connectivity index (χ0n) is 20.9. The van der Waals surface area contributed by atoms with Crippen LogP contribution in [0.3, 0.4) is 0 Å². The summed E-state index contributed by atoms with van der Waals surface area (Å²) in [5.74, 6) is 3.12. The second-order valence-corrected chi connectivity index (χ2v) is 11.1. The van der Waals surface area contributed by atoms with Crippen LogP contribution in [0, 0.1) is 12.3 Å². The van der Waals surface area contributed by atoms with E-state index in [0.29, 0.717) is 0 Å². The fourth-order valence-corrected chi connectivity index (χ4v) is 5.71. The molecule has 0 aliphatic rings. The average molecular weight is 573 g/mol. The third-order valence-electron chi connectivity index (χ3n) is 6.82. The van der Waals surface area contributed by atoms with E-state index >= 15 is 0 Å². The van der Waals surface area contributed by atoms with Gasteiger partial charge in [-0.25, -0.2) is 0 Å². The van der Waals surface area contributed by atoms with Crippen molar-refractivity contribution in [1.29, 1.82) is 0 Å². The summed E-state index contributed by atoms with van der Waals surface area (Å²) in [5, 5.41) is 0.892. The number of nitrogens with zero attached hydrogens (tertiary/aromatic N) is 1. The van der Waals surface area contributed by atoms with Gasteiger partial charge in [-0.2, -0.15) is 0 Å². The third-order valence-corrected chi connectivity index (χ3v) is 8.73. The highest BCUT2D eigenvalue weighted by atomic mass is 127. The van der Waals surface area contributed by atoms with Gasteiger partial charge >= 0.3 is 0 Å². The summed E-state index contributed by atoms with van der Waals surface area (Å²) in [6, 6.07) is 8.32. The van der Waals surface area contributed by atoms with Gasteiger partial charge in [0.05, 0.1) is 19.6 Å². The topological polar surface area (TPSA) is 0 Å². The van der Waals surface area contributed by atoms with Crippen molar-refractivity contribution in [3.63, 3.8) is 0 Å². The van der Waals surface area contributed by atoms with Crippen LogP contribution in [0.5, 0.6) is 0 Å². The van der Waals surface area contributed by atoms with Crippen molar-refractivity contribution in [2.24, 2.45) is 0 Å². The number of alkyl halides is 1. The monoisotopic (exact) mass is 572 g/mol. The van der Waals surface area contributed by atoms with Gasteiger partial charge in [-0.05, 0) is 43.2 Å². The SMILES string of the molecule is C#CC(I)[N+](CCCCCCCCC)(CCCCCCCCC)CCc1ccccc1Cl. The fourth-order valence-electron chi connectivity index (χ4n) is 4.65. The Balaban J connectivity index is 2.71. The molecule has 1 aromatic rings. The van der Waals surface area contributed by atoms with Gasteiger partial charge in [0.15, 0.2) is 0 Å². The lowest BCUT2D eigenvalue weighted by Crippen LogP contribution is -2.54. The van der Waals surface area contributed by atoms with Crippen LogP contribution in [-0.2, 0) is 6.42 Å². The van der Waals surface area contributed by atoms with Gasteiger partial charge in [0.1, 0.15) is 0 Å². The number of halogens is 2. The Morgan fingerprint density at radius 3 is 1.72 bits per heavy atom. The van der Waals surface area contributed by atoms with Crippen molar-refractivity contribution in [2.75, 3.05) is 19.6 Å². The Hall–Kier alpha value is -0.240. The van der Waals surface area contributed by atoms with Crippen molar-refractivity contribution >= 4 is 34.2 Å². The van der Waals surface area contributed by atoms with Crippen LogP contribution in [0.4, 0.5) is 0 Å². The highest BCUT2D eigenvalue weighted by molar-refractivity contribution is 14.1. The number of benzene rings is 1. The maximum atomic E-state index is 6.49. The minimum Gasteiger partial charge on any atom is -0.303 e. The van der Waals surface area contributed by atoms with Gasteiger partial charge in [-0.15, -0.1) is 6.42 Å². The largest absolute Gasteiger partial charge is 0.303 e. The standard InChI is InChI=1S/C29H48ClIN/c1-4-7-9-11-13-15-19-24-32(29(31)6-3,25-20-16-14-12-10-8-5-2)26-23-27-21-17-18-22-28(27)30/h3,17-18,21-22,29H,4-5,7-16,19-20,23-26H2,1-2H3/q+1. The molecule has 32 heavy (non-hydrogen) atoms. The Bertz CT molecular complexity index is 606. The van der Waals surface area contributed by atoms with E-state index in [0.717, 1.165) is 22.5 Å². The lowest BCUT2D eigenvalue weighted by atomic mass is 10.1. The van der Waals surface area contributed by atoms with E-state index in [1.54, 1.807) is 0 Å². The van der Waals surface area contributed by atoms with Gasteiger partial charge in [0.2, 0.25) is 4.05 Å². The molecule has 3 heteroatoms. The van der Waals surface area contributed by atoms with Crippen LogP contribution in [-0.4, -0.2) is 28.2 Å². The quantitative estimate of drug-likeness (QED) is 0.0364. The smallest absolute Gasteiger partial charge is 0.200 e. The molecule has 0 heterocycles. The molecule has 0 aliphatic carbocycles. The van der Waals surface area contributed by atoms with Gasteiger partial charge in [0, 0.05) is 34.0 Å². The van der Waals surface area contributed by atoms with E-state index in [1.807, 2.05) is 12.1 Å². The fraction of sp³-hybridized carbons (Fsp3) is 0.724. The molecular formula is C29H48ClIN+. The highest BCUT2D eigenvalue weighted by Gasteiger charge is 2.33. The van der Waals surface area contributed by atoms with E-state index in [2.05, 4.69) is 54.5 Å². The summed E-state index contributed by atoms with van der Waals surface area (Å²) < 4.78 is 1.28. The molecular weight excluding hydrogens is 525 g/mol. The molecule has 1 atom stereocenters. The van der Waals surface area contributed by atoms with E-state index < -0.39 is 0 Å². The van der Waals surface area contributed by atoms with Crippen LogP contribution in [0.2, 0.25) is 5.02 Å². The Kier molecular flexibility index (Phi) is 17.8. The van der Waals surface area contributed by atoms with E-state index in [1.165, 1.54) is 109 Å². The molecule has 0 aliphatic heterocycles. The maximum absolute atomic E-state index is 6.49. The number of hydrogen-bond acceptors (Lipinski definition) is 0. The van der Waals surface area contributed by atoms with Crippen LogP contribution >= 0.6 is 34.2 Å². The number of rotatable bonds is 20. The van der Waals surface area contributed by atoms with Crippen molar-refractivity contribution < 1.29 is 4.48 Å². The Morgan fingerprint density at radius 2 is 1.25 bits per heavy atom. The van der Waals surface area contributed by atoms with Crippen LogP contribution < -0.4 is 0 Å². The molecule has 1 aromatic carbocycles. The molecule has 1 unspecified atom stereocenters. The lowest BCUT2D eigenvalue weighted by Gasteiger charge is -2.41. The molecule has 0 N–H and O–H groups in total. The zero-order valence-corrected chi connectivity index (χ0v) is 23.8.